The number of carboxylic acids is 1. The van der Waals surface area contributed by atoms with E-state index in [1.54, 1.807) is 0 Å². The van der Waals surface area contributed by atoms with Gasteiger partial charge in [-0.25, -0.2) is 4.79 Å². The third-order valence-corrected chi connectivity index (χ3v) is 3.70. The summed E-state index contributed by atoms with van der Waals surface area (Å²) in [6.07, 6.45) is 3.72. The molecule has 1 aromatic carbocycles. The lowest BCUT2D eigenvalue weighted by Gasteiger charge is -2.09. The van der Waals surface area contributed by atoms with E-state index in [9.17, 15) is 9.90 Å². The molecule has 2 heterocycles. The molecule has 112 valence electrons. The van der Waals surface area contributed by atoms with Gasteiger partial charge in [0.15, 0.2) is 0 Å². The van der Waals surface area contributed by atoms with Crippen molar-refractivity contribution in [1.82, 2.24) is 4.40 Å². The second-order valence-corrected chi connectivity index (χ2v) is 5.13. The van der Waals surface area contributed by atoms with Crippen molar-refractivity contribution in [2.45, 2.75) is 13.8 Å². The van der Waals surface area contributed by atoms with Crippen LogP contribution in [0.4, 0.5) is 0 Å². The number of hydrogen-bond donors (Lipinski definition) is 1. The van der Waals surface area contributed by atoms with Crippen LogP contribution in [-0.2, 0) is 0 Å². The van der Waals surface area contributed by atoms with Crippen LogP contribution < -0.4 is 4.74 Å². The largest absolute Gasteiger partial charge is 0.494 e. The number of pyridine rings is 1. The van der Waals surface area contributed by atoms with E-state index in [1.165, 1.54) is 0 Å². The summed E-state index contributed by atoms with van der Waals surface area (Å²) in [5, 5.41) is 9.61. The topological polar surface area (TPSA) is 50.9 Å². The Morgan fingerprint density at radius 3 is 2.73 bits per heavy atom. The van der Waals surface area contributed by atoms with E-state index in [-0.39, 0.29) is 0 Å². The number of hydrogen-bond acceptors (Lipinski definition) is 2. The Morgan fingerprint density at radius 2 is 2.05 bits per heavy atom. The van der Waals surface area contributed by atoms with Crippen molar-refractivity contribution in [2.75, 3.05) is 6.61 Å². The van der Waals surface area contributed by atoms with E-state index < -0.39 is 5.97 Å². The van der Waals surface area contributed by atoms with Gasteiger partial charge in [-0.1, -0.05) is 12.1 Å². The Balaban J connectivity index is 2.22. The molecule has 0 bridgehead atoms. The maximum absolute atomic E-state index is 11.7. The van der Waals surface area contributed by atoms with Gasteiger partial charge in [-0.3, -0.25) is 0 Å². The van der Waals surface area contributed by atoms with Gasteiger partial charge in [-0.05, 0) is 49.2 Å². The van der Waals surface area contributed by atoms with Crippen molar-refractivity contribution < 1.29 is 14.6 Å². The molecule has 3 aromatic rings. The molecule has 0 spiro atoms. The minimum Gasteiger partial charge on any atom is -0.494 e. The van der Waals surface area contributed by atoms with E-state index in [4.69, 9.17) is 4.74 Å². The summed E-state index contributed by atoms with van der Waals surface area (Å²) in [4.78, 5) is 11.7. The third kappa shape index (κ3) is 2.33. The highest BCUT2D eigenvalue weighted by Crippen LogP contribution is 2.32. The monoisotopic (exact) mass is 295 g/mol. The predicted octanol–water partition coefficient (Wildman–Crippen LogP) is 4.01. The second-order valence-electron chi connectivity index (χ2n) is 5.13. The number of fused-ring (bicyclic) bond motifs is 1. The van der Waals surface area contributed by atoms with Gasteiger partial charge in [0.25, 0.3) is 0 Å². The Bertz CT molecular complexity index is 849. The fourth-order valence-electron chi connectivity index (χ4n) is 2.75. The number of aromatic nitrogens is 1. The molecule has 0 unspecified atom stereocenters. The van der Waals surface area contributed by atoms with Gasteiger partial charge in [0.05, 0.1) is 17.7 Å². The van der Waals surface area contributed by atoms with Crippen LogP contribution in [0.1, 0.15) is 22.8 Å². The fourth-order valence-corrected chi connectivity index (χ4v) is 2.75. The van der Waals surface area contributed by atoms with Crippen molar-refractivity contribution in [3.8, 4) is 16.9 Å². The second kappa shape index (κ2) is 5.56. The van der Waals surface area contributed by atoms with E-state index in [0.29, 0.717) is 17.7 Å². The SMILES string of the molecule is CCOc1ccc(-c2cn3ccccc3c2C(=O)O)c(C)c1. The molecule has 4 nitrogen and oxygen atoms in total. The average Bonchev–Trinajstić information content (AvgIpc) is 2.86. The molecule has 1 N–H and O–H groups in total. The molecule has 4 heteroatoms. The van der Waals surface area contributed by atoms with Crippen LogP contribution in [0.15, 0.2) is 48.8 Å². The predicted molar refractivity (Wildman–Crippen MR) is 85.7 cm³/mol. The molecule has 22 heavy (non-hydrogen) atoms. The molecule has 0 amide bonds. The maximum Gasteiger partial charge on any atom is 0.338 e. The first-order chi connectivity index (χ1) is 10.6. The standard InChI is InChI=1S/C18H17NO3/c1-3-22-13-7-8-14(12(2)10-13)15-11-19-9-5-4-6-16(19)17(15)18(20)21/h4-11H,3H2,1-2H3,(H,20,21). The molecule has 0 aliphatic carbocycles. The fraction of sp³-hybridized carbons (Fsp3) is 0.167. The quantitative estimate of drug-likeness (QED) is 0.791. The highest BCUT2D eigenvalue weighted by molar-refractivity contribution is 6.04. The van der Waals surface area contributed by atoms with Crippen LogP contribution >= 0.6 is 0 Å². The van der Waals surface area contributed by atoms with Crippen LogP contribution in [0.25, 0.3) is 16.6 Å². The molecule has 0 fully saturated rings. The van der Waals surface area contributed by atoms with Gasteiger partial charge in [0.2, 0.25) is 0 Å². The molecule has 0 saturated heterocycles. The van der Waals surface area contributed by atoms with Crippen LogP contribution in [0, 0.1) is 6.92 Å². The van der Waals surface area contributed by atoms with E-state index in [1.807, 2.05) is 67.0 Å². The van der Waals surface area contributed by atoms with Gasteiger partial charge in [-0.15, -0.1) is 0 Å². The summed E-state index contributed by atoms with van der Waals surface area (Å²) in [5.41, 5.74) is 3.64. The zero-order valence-electron chi connectivity index (χ0n) is 12.5. The maximum atomic E-state index is 11.7. The molecule has 3 rings (SSSR count). The molecule has 0 saturated carbocycles. The summed E-state index contributed by atoms with van der Waals surface area (Å²) in [6, 6.07) is 11.3. The minimum absolute atomic E-state index is 0.327. The van der Waals surface area contributed by atoms with Crippen LogP contribution in [0.2, 0.25) is 0 Å². The van der Waals surface area contributed by atoms with Crippen molar-refractivity contribution in [1.29, 1.82) is 0 Å². The van der Waals surface area contributed by atoms with E-state index >= 15 is 0 Å². The Hall–Kier alpha value is -2.75. The Morgan fingerprint density at radius 1 is 1.23 bits per heavy atom. The molecular formula is C18H17NO3. The van der Waals surface area contributed by atoms with E-state index in [0.717, 1.165) is 22.4 Å². The van der Waals surface area contributed by atoms with Crippen molar-refractivity contribution in [2.24, 2.45) is 0 Å². The first kappa shape index (κ1) is 14.2. The summed E-state index contributed by atoms with van der Waals surface area (Å²) >= 11 is 0. The zero-order valence-corrected chi connectivity index (χ0v) is 12.5. The first-order valence-electron chi connectivity index (χ1n) is 7.18. The number of nitrogens with zero attached hydrogens (tertiary/aromatic N) is 1. The highest BCUT2D eigenvalue weighted by Gasteiger charge is 2.19. The molecule has 0 aliphatic heterocycles. The smallest absolute Gasteiger partial charge is 0.338 e. The summed E-state index contributed by atoms with van der Waals surface area (Å²) in [6.45, 7) is 4.51. The summed E-state index contributed by atoms with van der Waals surface area (Å²) < 4.78 is 7.33. The Kier molecular flexibility index (Phi) is 3.59. The molecule has 0 radical (unpaired) electrons. The lowest BCUT2D eigenvalue weighted by molar-refractivity contribution is 0.0700. The van der Waals surface area contributed by atoms with Crippen LogP contribution in [0.5, 0.6) is 5.75 Å². The molecule has 0 atom stereocenters. The van der Waals surface area contributed by atoms with Gasteiger partial charge in [0, 0.05) is 18.0 Å². The average molecular weight is 295 g/mol. The highest BCUT2D eigenvalue weighted by atomic mass is 16.5. The van der Waals surface area contributed by atoms with Gasteiger partial charge >= 0.3 is 5.97 Å². The number of carboxylic acid groups (broad SMARTS) is 1. The van der Waals surface area contributed by atoms with Crippen molar-refractivity contribution in [3.05, 3.63) is 59.9 Å². The molecule has 0 aliphatic rings. The number of ether oxygens (including phenoxy) is 1. The Labute approximate surface area is 128 Å². The van der Waals surface area contributed by atoms with Crippen molar-refractivity contribution in [3.63, 3.8) is 0 Å². The van der Waals surface area contributed by atoms with Gasteiger partial charge < -0.3 is 14.2 Å². The zero-order chi connectivity index (χ0) is 15.7. The normalized spacial score (nSPS) is 10.8. The number of aryl methyl sites for hydroxylation is 1. The molecule has 2 aromatic heterocycles. The van der Waals surface area contributed by atoms with Crippen molar-refractivity contribution >= 4 is 11.5 Å². The first-order valence-corrected chi connectivity index (χ1v) is 7.18. The lowest BCUT2D eigenvalue weighted by atomic mass is 9.99. The van der Waals surface area contributed by atoms with Crippen LogP contribution in [0.3, 0.4) is 0 Å². The lowest BCUT2D eigenvalue weighted by Crippen LogP contribution is -1.98. The minimum atomic E-state index is -0.919. The van der Waals surface area contributed by atoms with Gasteiger partial charge in [-0.2, -0.15) is 0 Å². The molecular weight excluding hydrogens is 278 g/mol. The number of benzene rings is 1. The number of rotatable bonds is 4. The summed E-state index contributed by atoms with van der Waals surface area (Å²) in [5.74, 6) is -0.124. The number of aromatic carboxylic acids is 1. The van der Waals surface area contributed by atoms with Gasteiger partial charge in [0.1, 0.15) is 5.75 Å². The van der Waals surface area contributed by atoms with E-state index in [2.05, 4.69) is 0 Å². The summed E-state index contributed by atoms with van der Waals surface area (Å²) in [7, 11) is 0. The number of carbonyl (C=O) groups is 1. The third-order valence-electron chi connectivity index (χ3n) is 3.70. The van der Waals surface area contributed by atoms with Crippen LogP contribution in [-0.4, -0.2) is 22.1 Å².